The number of aromatic nitrogens is 4. The Hall–Kier alpha value is 1.56. The molecule has 14 nitrogen and oxygen atoms in total. The molecule has 0 aliphatic rings. The van der Waals surface area contributed by atoms with Gasteiger partial charge in [-0.2, -0.15) is 32.6 Å². The molecule has 27 heteroatoms. The third-order valence-electron chi connectivity index (χ3n) is 4.57. The van der Waals surface area contributed by atoms with E-state index in [9.17, 15) is 28.0 Å². The number of hydrogen-bond acceptors (Lipinski definition) is 12. The second-order valence-corrected chi connectivity index (χ2v) is 55.1. The number of alkyl halides is 2. The Balaban J connectivity index is -0.000000103. The fourth-order valence-corrected chi connectivity index (χ4v) is 2.62. The first-order valence-electron chi connectivity index (χ1n) is 13.8. The van der Waals surface area contributed by atoms with Crippen molar-refractivity contribution in [3.05, 3.63) is 46.7 Å². The fourth-order valence-electron chi connectivity index (χ4n) is 2.62. The molecule has 2 rings (SSSR count). The third kappa shape index (κ3) is 40.1. The van der Waals surface area contributed by atoms with E-state index in [1.165, 1.54) is 13.1 Å². The van der Waals surface area contributed by atoms with Gasteiger partial charge in [-0.25, -0.2) is 23.2 Å². The number of carbonyl (C=O) groups excluding carboxylic acids is 4. The van der Waals surface area contributed by atoms with Gasteiger partial charge in [-0.05, 0) is 48.6 Å². The minimum absolute atomic E-state index is 0. The number of carbonyl (C=O) groups is 4. The van der Waals surface area contributed by atoms with Crippen LogP contribution in [0.25, 0.3) is 0 Å². The molecule has 0 aromatic carbocycles. The summed E-state index contributed by atoms with van der Waals surface area (Å²) < 4.78 is 46.1. The van der Waals surface area contributed by atoms with E-state index in [1.54, 1.807) is 86.8 Å². The van der Waals surface area contributed by atoms with Gasteiger partial charge in [-0.15, -0.1) is 0 Å². The molecule has 0 saturated heterocycles. The molecule has 0 aliphatic carbocycles. The van der Waals surface area contributed by atoms with Crippen molar-refractivity contribution in [2.75, 3.05) is 33.5 Å². The van der Waals surface area contributed by atoms with Crippen molar-refractivity contribution in [1.82, 2.24) is 25.0 Å². The van der Waals surface area contributed by atoms with Gasteiger partial charge >= 0.3 is 139 Å². The van der Waals surface area contributed by atoms with Gasteiger partial charge in [0.15, 0.2) is 5.70 Å². The van der Waals surface area contributed by atoms with E-state index >= 15 is 0 Å². The van der Waals surface area contributed by atoms with Gasteiger partial charge in [0, 0.05) is 42.8 Å². The summed E-state index contributed by atoms with van der Waals surface area (Å²) >= 11 is 13.8. The Bertz CT molecular complexity index is 1240. The molecule has 8 radical (unpaired) electrons. The van der Waals surface area contributed by atoms with Crippen molar-refractivity contribution >= 4 is 168 Å². The van der Waals surface area contributed by atoms with Crippen LogP contribution < -0.4 is 11.3 Å². The second-order valence-electron chi connectivity index (χ2n) is 7.93. The van der Waals surface area contributed by atoms with Gasteiger partial charge < -0.3 is 18.9 Å². The van der Waals surface area contributed by atoms with Gasteiger partial charge in [0.2, 0.25) is 5.78 Å². The van der Waals surface area contributed by atoms with Gasteiger partial charge in [0.05, 0.1) is 38.3 Å². The molecule has 0 aliphatic heterocycles. The van der Waals surface area contributed by atoms with E-state index < -0.39 is 23.8 Å². The first-order valence-corrected chi connectivity index (χ1v) is 37.6. The number of Topliss-reactive ketones (excluding diaryl/α,β-unsaturated/α-hetero) is 1. The van der Waals surface area contributed by atoms with Gasteiger partial charge in [-0.3, -0.25) is 25.4 Å². The van der Waals surface area contributed by atoms with Crippen molar-refractivity contribution in [2.24, 2.45) is 19.9 Å². The minimum atomic E-state index is -3.25. The molecule has 0 saturated carbocycles. The molecule has 2 aromatic heterocycles. The number of rotatable bonds is 10. The van der Waals surface area contributed by atoms with Crippen LogP contribution in [0, 0.1) is 13.8 Å². The van der Waals surface area contributed by atoms with Crippen LogP contribution in [0.2, 0.25) is 0 Å². The Morgan fingerprint density at radius 3 is 1.62 bits per heavy atom. The van der Waals surface area contributed by atoms with Crippen molar-refractivity contribution in [1.29, 1.82) is 0 Å². The Kier molecular flexibility index (Phi) is 62.6. The van der Waals surface area contributed by atoms with Crippen LogP contribution in [0.4, 0.5) is 8.78 Å². The van der Waals surface area contributed by atoms with E-state index in [1.807, 2.05) is 6.92 Å². The number of ether oxygens (including phenoxy) is 4. The number of halogens is 8. The average Bonchev–Trinajstić information content (AvgIpc) is 3.58. The maximum absolute atomic E-state index is 12.1. The van der Waals surface area contributed by atoms with Crippen LogP contribution in [-0.4, -0.2) is 106 Å². The summed E-state index contributed by atoms with van der Waals surface area (Å²) in [5, 5.41) is 7.97. The van der Waals surface area contributed by atoms with Crippen molar-refractivity contribution in [3.63, 3.8) is 0 Å². The van der Waals surface area contributed by atoms with E-state index in [2.05, 4.69) is 137 Å². The zero-order valence-electron chi connectivity index (χ0n) is 30.4. The molecule has 0 atom stereocenters. The number of hydrazine groups is 1. The number of ketones is 1. The molecule has 2 heterocycles. The summed E-state index contributed by atoms with van der Waals surface area (Å²) in [7, 11) is 5.84. The van der Waals surface area contributed by atoms with Crippen LogP contribution in [0.1, 0.15) is 59.8 Å². The first-order chi connectivity index (χ1) is 23.9. The van der Waals surface area contributed by atoms with Crippen molar-refractivity contribution < 1.29 is 61.3 Å². The summed E-state index contributed by atoms with van der Waals surface area (Å²) in [5.74, 6) is 1.30. The first kappa shape index (κ1) is 69.2. The molecule has 0 unspecified atom stereocenters. The standard InChI is InChI=1S/C9H12F2O4.2C8H12N2O2.CH6N2.BI.2B.5HI.2V/c1-3-14-5-6(7(12)8(10)11)9(13)15-4-2;1-4-12-8(11)7-5-10(3)9-6(7)2;1-4-12-8(11)7-5-9-10(3)6(7)2;1-3-2;1-2;;;;;;;;;/h5,8H,3-4H2,1-2H3;2*5H,4H2,1-3H3;3H,2H2,1H3;;;;5*1H;;/q;;;;;;;;;;;;+2;+3/p-5/b6-5-;;;;;;;;;;;;;. The number of nitrogens with two attached hydrogens (primary N) is 1. The summed E-state index contributed by atoms with van der Waals surface area (Å²) in [6.45, 7) is 11.2. The summed E-state index contributed by atoms with van der Waals surface area (Å²) in [5.41, 5.74) is 8.56. The van der Waals surface area contributed by atoms with Crippen LogP contribution in [0.3, 0.4) is 0 Å². The second kappa shape index (κ2) is 47.9. The quantitative estimate of drug-likeness (QED) is 0.0258. The average molecular weight is 1500 g/mol. The van der Waals surface area contributed by atoms with E-state index in [4.69, 9.17) is 9.47 Å². The Labute approximate surface area is 396 Å². The molecule has 0 bridgehead atoms. The van der Waals surface area contributed by atoms with E-state index in [-0.39, 0.29) is 46.9 Å². The molecule has 3 N–H and O–H groups in total. The number of nitrogens with one attached hydrogen (secondary N) is 1. The van der Waals surface area contributed by atoms with Crippen LogP contribution >= 0.6 is 122 Å². The molecule has 2 aromatic rings. The van der Waals surface area contributed by atoms with Gasteiger partial charge in [0.25, 0.3) is 0 Å². The normalized spacial score (nSPS) is 9.09. The molecule has 0 amide bonds. The van der Waals surface area contributed by atoms with Crippen molar-refractivity contribution in [3.8, 4) is 0 Å². The number of esters is 3. The topological polar surface area (TPSA) is 179 Å². The summed E-state index contributed by atoms with van der Waals surface area (Å²) in [6.07, 6.45) is 0.633. The Morgan fingerprint density at radius 2 is 1.34 bits per heavy atom. The maximum atomic E-state index is 12.1. The molecular formula is C26H42B3F2I6N6O8V2. The van der Waals surface area contributed by atoms with E-state index in [0.29, 0.717) is 45.8 Å². The predicted octanol–water partition coefficient (Wildman–Crippen LogP) is 6.36. The summed E-state index contributed by atoms with van der Waals surface area (Å²) in [4.78, 5) is 44.1. The number of hydrogen-bond donors (Lipinski definition) is 2. The molecule has 53 heavy (non-hydrogen) atoms. The van der Waals surface area contributed by atoms with E-state index in [0.717, 1.165) is 5.69 Å². The molecular weight excluding hydrogens is 1460 g/mol. The SMILES string of the molecule is CCO/C=C(\C(=O)OCC)C(=O)C(F)F.CCOC(=O)c1cn(C)nc1C.CCOC(=O)c1cnn(C)c1C.CNN.[B].[B].[B]I.[I][V]([I])[I].[I][V][I]. The zero-order valence-corrected chi connectivity index (χ0v) is 46.2. The van der Waals surface area contributed by atoms with Crippen molar-refractivity contribution in [2.45, 2.75) is 48.0 Å². The Morgan fingerprint density at radius 1 is 0.943 bits per heavy atom. The zero-order chi connectivity index (χ0) is 41.1. The van der Waals surface area contributed by atoms with Gasteiger partial charge in [0.1, 0.15) is 23.0 Å². The van der Waals surface area contributed by atoms with Crippen LogP contribution in [0.15, 0.2) is 24.2 Å². The summed E-state index contributed by atoms with van der Waals surface area (Å²) in [6, 6.07) is 0. The number of aryl methyl sites for hydroxylation is 3. The molecule has 0 fully saturated rings. The van der Waals surface area contributed by atoms with Gasteiger partial charge in [-0.1, -0.05) is 0 Å². The predicted molar refractivity (Wildman–Crippen MR) is 250 cm³/mol. The fraction of sp³-hybridized carbons (Fsp3) is 0.538. The molecule has 299 valence electrons. The third-order valence-corrected chi connectivity index (χ3v) is 4.57. The van der Waals surface area contributed by atoms with Crippen LogP contribution in [0.5, 0.6) is 0 Å². The van der Waals surface area contributed by atoms with Crippen LogP contribution in [-0.2, 0) is 57.0 Å². The number of nitrogens with zero attached hydrogens (tertiary/aromatic N) is 4. The molecule has 0 spiro atoms. The monoisotopic (exact) mass is 1500 g/mol.